The predicted octanol–water partition coefficient (Wildman–Crippen LogP) is 4.23. The summed E-state index contributed by atoms with van der Waals surface area (Å²) in [5.74, 6) is -0.571. The van der Waals surface area contributed by atoms with Crippen molar-refractivity contribution in [1.29, 1.82) is 0 Å². The molecule has 0 radical (unpaired) electrons. The highest BCUT2D eigenvalue weighted by atomic mass is 19.4. The number of pyridine rings is 1. The summed E-state index contributed by atoms with van der Waals surface area (Å²) in [5.41, 5.74) is 2.28. The van der Waals surface area contributed by atoms with E-state index in [4.69, 9.17) is 0 Å². The van der Waals surface area contributed by atoms with E-state index in [1.807, 2.05) is 19.9 Å². The van der Waals surface area contributed by atoms with Gasteiger partial charge in [0, 0.05) is 11.8 Å². The Balaban J connectivity index is 1.92. The summed E-state index contributed by atoms with van der Waals surface area (Å²) < 4.78 is 43.8. The monoisotopic (exact) mass is 393 g/mol. The van der Waals surface area contributed by atoms with Gasteiger partial charge in [-0.15, -0.1) is 0 Å². The van der Waals surface area contributed by atoms with E-state index in [-0.39, 0.29) is 11.5 Å². The summed E-state index contributed by atoms with van der Waals surface area (Å²) in [7, 11) is 0. The molecule has 2 heterocycles. The van der Waals surface area contributed by atoms with Crippen LogP contribution in [0.25, 0.3) is 0 Å². The minimum absolute atomic E-state index is 0.107. The maximum absolute atomic E-state index is 13.1. The van der Waals surface area contributed by atoms with Crippen LogP contribution in [0.3, 0.4) is 0 Å². The number of alkyl halides is 3. The number of benzene rings is 1. The number of nitrogens with zero attached hydrogens (tertiary/aromatic N) is 2. The van der Waals surface area contributed by atoms with Crippen molar-refractivity contribution < 1.29 is 27.5 Å². The Labute approximate surface area is 159 Å². The molecule has 0 aliphatic carbocycles. The zero-order valence-corrected chi connectivity index (χ0v) is 15.4. The summed E-state index contributed by atoms with van der Waals surface area (Å²) in [6, 6.07) is 6.91. The van der Waals surface area contributed by atoms with E-state index in [9.17, 15) is 22.8 Å². The number of cyclic esters (lactones) is 1. The number of aromatic nitrogens is 1. The van der Waals surface area contributed by atoms with E-state index in [1.54, 1.807) is 12.1 Å². The molecule has 2 amide bonds. The molecule has 9 heteroatoms. The van der Waals surface area contributed by atoms with Gasteiger partial charge >= 0.3 is 12.3 Å². The zero-order chi connectivity index (χ0) is 20.6. The maximum Gasteiger partial charge on any atom is 0.427 e. The van der Waals surface area contributed by atoms with Gasteiger partial charge in [0.2, 0.25) is 6.10 Å². The summed E-state index contributed by atoms with van der Waals surface area (Å²) in [6.07, 6.45) is -6.83. The molecule has 3 rings (SSSR count). The number of amides is 2. The van der Waals surface area contributed by atoms with Crippen LogP contribution in [0.4, 0.5) is 29.5 Å². The third-order valence-corrected chi connectivity index (χ3v) is 4.34. The number of ether oxygens (including phenoxy) is 1. The molecule has 0 unspecified atom stereocenters. The van der Waals surface area contributed by atoms with Gasteiger partial charge in [0.05, 0.1) is 11.7 Å². The van der Waals surface area contributed by atoms with Gasteiger partial charge in [0.1, 0.15) is 0 Å². The molecule has 0 spiro atoms. The number of hydrogen-bond donors (Lipinski definition) is 1. The Bertz CT molecular complexity index is 910. The van der Waals surface area contributed by atoms with E-state index in [1.165, 1.54) is 25.3 Å². The first kappa shape index (κ1) is 19.7. The molecule has 6 nitrogen and oxygen atoms in total. The van der Waals surface area contributed by atoms with Crippen molar-refractivity contribution in [2.45, 2.75) is 39.1 Å². The van der Waals surface area contributed by atoms with Gasteiger partial charge in [-0.1, -0.05) is 17.2 Å². The number of carbonyl (C=O) groups is 2. The normalized spacial score (nSPS) is 19.5. The molecular weight excluding hydrogens is 375 g/mol. The van der Waals surface area contributed by atoms with Gasteiger partial charge in [-0.2, -0.15) is 13.2 Å². The van der Waals surface area contributed by atoms with Crippen LogP contribution in [0.15, 0.2) is 36.5 Å². The number of carbonyl (C=O) groups excluding carboxylic acids is 2. The number of hydrogen-bond acceptors (Lipinski definition) is 4. The fourth-order valence-corrected chi connectivity index (χ4v) is 3.17. The number of nitrogens with one attached hydrogen (secondary N) is 1. The highest BCUT2D eigenvalue weighted by Gasteiger charge is 2.55. The Morgan fingerprint density at radius 2 is 1.86 bits per heavy atom. The van der Waals surface area contributed by atoms with Crippen LogP contribution in [-0.4, -0.2) is 35.3 Å². The molecule has 1 saturated heterocycles. The first-order valence-electron chi connectivity index (χ1n) is 8.49. The lowest BCUT2D eigenvalue weighted by Gasteiger charge is -2.23. The van der Waals surface area contributed by atoms with Crippen LogP contribution in [-0.2, 0) is 4.74 Å². The van der Waals surface area contributed by atoms with Crippen molar-refractivity contribution in [2.75, 3.05) is 10.2 Å². The van der Waals surface area contributed by atoms with E-state index < -0.39 is 30.3 Å². The van der Waals surface area contributed by atoms with Gasteiger partial charge in [0.15, 0.2) is 5.82 Å². The van der Waals surface area contributed by atoms with Crippen LogP contribution in [0.1, 0.15) is 28.4 Å². The third kappa shape index (κ3) is 3.78. The Morgan fingerprint density at radius 1 is 1.21 bits per heavy atom. The molecule has 1 fully saturated rings. The van der Waals surface area contributed by atoms with Crippen LogP contribution in [0.5, 0.6) is 0 Å². The third-order valence-electron chi connectivity index (χ3n) is 4.34. The van der Waals surface area contributed by atoms with Crippen LogP contribution in [0.2, 0.25) is 0 Å². The molecule has 1 aliphatic rings. The standard InChI is InChI=1S/C19H18F3N3O3/c1-10-7-11(2)9-13(8-10)17(26)24-14-5-4-6-23-16(14)25-12(3)15(19(20,21)22)28-18(25)27/h4-9,12,15H,1-3H3,(H,24,26)/t12-,15-/m1/s1. The summed E-state index contributed by atoms with van der Waals surface area (Å²) in [6.45, 7) is 4.91. The number of halogens is 3. The van der Waals surface area contributed by atoms with Crippen molar-refractivity contribution in [1.82, 2.24) is 4.98 Å². The molecule has 0 saturated carbocycles. The molecule has 1 aromatic carbocycles. The van der Waals surface area contributed by atoms with Crippen LogP contribution >= 0.6 is 0 Å². The van der Waals surface area contributed by atoms with E-state index >= 15 is 0 Å². The second-order valence-electron chi connectivity index (χ2n) is 6.66. The predicted molar refractivity (Wildman–Crippen MR) is 96.4 cm³/mol. The smallest absolute Gasteiger partial charge is 0.427 e. The van der Waals surface area contributed by atoms with Crippen molar-refractivity contribution in [2.24, 2.45) is 0 Å². The van der Waals surface area contributed by atoms with Crippen molar-refractivity contribution >= 4 is 23.5 Å². The largest absolute Gasteiger partial charge is 0.434 e. The molecule has 0 bridgehead atoms. The van der Waals surface area contributed by atoms with E-state index in [2.05, 4.69) is 15.0 Å². The Hall–Kier alpha value is -3.10. The summed E-state index contributed by atoms with van der Waals surface area (Å²) in [5, 5.41) is 2.62. The van der Waals surface area contributed by atoms with Crippen molar-refractivity contribution in [3.63, 3.8) is 0 Å². The fourth-order valence-electron chi connectivity index (χ4n) is 3.17. The van der Waals surface area contributed by atoms with Gasteiger partial charge in [-0.25, -0.2) is 9.78 Å². The van der Waals surface area contributed by atoms with Crippen LogP contribution in [0, 0.1) is 13.8 Å². The van der Waals surface area contributed by atoms with Gasteiger partial charge in [-0.3, -0.25) is 9.69 Å². The molecule has 1 aromatic heterocycles. The molecule has 1 aliphatic heterocycles. The average molecular weight is 393 g/mol. The van der Waals surface area contributed by atoms with Gasteiger partial charge in [-0.05, 0) is 45.0 Å². The van der Waals surface area contributed by atoms with Crippen LogP contribution < -0.4 is 10.2 Å². The summed E-state index contributed by atoms with van der Waals surface area (Å²) >= 11 is 0. The minimum atomic E-state index is -4.71. The van der Waals surface area contributed by atoms with Gasteiger partial charge < -0.3 is 10.1 Å². The second-order valence-corrected chi connectivity index (χ2v) is 6.66. The van der Waals surface area contributed by atoms with E-state index in [0.717, 1.165) is 16.0 Å². The lowest BCUT2D eigenvalue weighted by molar-refractivity contribution is -0.198. The van der Waals surface area contributed by atoms with Crippen molar-refractivity contribution in [3.8, 4) is 0 Å². The second kappa shape index (κ2) is 7.14. The molecular formula is C19H18F3N3O3. The molecule has 1 N–H and O–H groups in total. The topological polar surface area (TPSA) is 71.5 Å². The molecule has 148 valence electrons. The highest BCUT2D eigenvalue weighted by molar-refractivity contribution is 6.07. The van der Waals surface area contributed by atoms with Crippen molar-refractivity contribution in [3.05, 3.63) is 53.2 Å². The number of anilines is 2. The molecule has 2 atom stereocenters. The Morgan fingerprint density at radius 3 is 2.43 bits per heavy atom. The minimum Gasteiger partial charge on any atom is -0.434 e. The first-order chi connectivity index (χ1) is 13.1. The number of aryl methyl sites for hydroxylation is 2. The zero-order valence-electron chi connectivity index (χ0n) is 15.4. The molecule has 2 aromatic rings. The first-order valence-corrected chi connectivity index (χ1v) is 8.49. The van der Waals surface area contributed by atoms with E-state index in [0.29, 0.717) is 5.56 Å². The quantitative estimate of drug-likeness (QED) is 0.847. The number of rotatable bonds is 3. The Kier molecular flexibility index (Phi) is 5.01. The maximum atomic E-state index is 13.1. The SMILES string of the molecule is Cc1cc(C)cc(C(=O)Nc2cccnc2N2C(=O)O[C@@H](C(F)(F)F)[C@H]2C)c1. The highest BCUT2D eigenvalue weighted by Crippen LogP contribution is 2.37. The average Bonchev–Trinajstić information content (AvgIpc) is 2.89. The molecule has 28 heavy (non-hydrogen) atoms. The lowest BCUT2D eigenvalue weighted by atomic mass is 10.1. The summed E-state index contributed by atoms with van der Waals surface area (Å²) in [4.78, 5) is 29.5. The fraction of sp³-hybridized carbons (Fsp3) is 0.316. The van der Waals surface area contributed by atoms with Gasteiger partial charge in [0.25, 0.3) is 5.91 Å². The lowest BCUT2D eigenvalue weighted by Crippen LogP contribution is -2.41.